The number of rotatable bonds is 6. The van der Waals surface area contributed by atoms with Crippen LogP contribution in [0.15, 0.2) is 6.20 Å². The van der Waals surface area contributed by atoms with E-state index >= 15 is 0 Å². The first-order valence-electron chi connectivity index (χ1n) is 6.60. The van der Waals surface area contributed by atoms with Crippen molar-refractivity contribution in [1.29, 1.82) is 0 Å². The van der Waals surface area contributed by atoms with Crippen LogP contribution in [0.1, 0.15) is 38.7 Å². The first-order chi connectivity index (χ1) is 8.26. The normalized spacial score (nSPS) is 14.8. The molecule has 94 valence electrons. The van der Waals surface area contributed by atoms with E-state index in [4.69, 9.17) is 0 Å². The fourth-order valence-corrected chi connectivity index (χ4v) is 2.06. The molecule has 0 aliphatic heterocycles. The zero-order valence-electron chi connectivity index (χ0n) is 11.0. The highest BCUT2D eigenvalue weighted by atomic mass is 15.3. The molecule has 0 bridgehead atoms. The molecule has 0 saturated heterocycles. The third-order valence-corrected chi connectivity index (χ3v) is 3.00. The monoisotopic (exact) mass is 234 g/mol. The molecule has 1 saturated carbocycles. The number of hydrogen-bond donors (Lipinski definition) is 1. The van der Waals surface area contributed by atoms with E-state index in [2.05, 4.69) is 41.0 Å². The van der Waals surface area contributed by atoms with Crippen molar-refractivity contribution in [2.45, 2.75) is 46.1 Å². The van der Waals surface area contributed by atoms with Crippen molar-refractivity contribution in [2.24, 2.45) is 0 Å². The predicted octanol–water partition coefficient (Wildman–Crippen LogP) is 2.60. The van der Waals surface area contributed by atoms with Crippen LogP contribution < -0.4 is 10.2 Å². The largest absolute Gasteiger partial charge is 0.354 e. The minimum absolute atomic E-state index is 0.707. The van der Waals surface area contributed by atoms with Crippen molar-refractivity contribution in [3.8, 4) is 0 Å². The second-order valence-corrected chi connectivity index (χ2v) is 4.66. The standard InChI is InChI=1S/C13H22N4/c1-4-8-17(11-6-7-11)12-10(3)9-15-13(16-12)14-5-2/h9,11H,4-8H2,1-3H3,(H,14,15,16). The van der Waals surface area contributed by atoms with Gasteiger partial charge in [-0.05, 0) is 33.1 Å². The molecule has 0 unspecified atom stereocenters. The van der Waals surface area contributed by atoms with Gasteiger partial charge in [0.2, 0.25) is 5.95 Å². The van der Waals surface area contributed by atoms with E-state index in [1.165, 1.54) is 18.4 Å². The van der Waals surface area contributed by atoms with Crippen LogP contribution >= 0.6 is 0 Å². The lowest BCUT2D eigenvalue weighted by Crippen LogP contribution is -2.28. The predicted molar refractivity (Wildman–Crippen MR) is 71.6 cm³/mol. The van der Waals surface area contributed by atoms with E-state index in [1.807, 2.05) is 6.20 Å². The summed E-state index contributed by atoms with van der Waals surface area (Å²) in [6, 6.07) is 0.707. The molecule has 4 heteroatoms. The third-order valence-electron chi connectivity index (χ3n) is 3.00. The van der Waals surface area contributed by atoms with Crippen molar-refractivity contribution in [3.63, 3.8) is 0 Å². The maximum absolute atomic E-state index is 4.65. The number of hydrogen-bond acceptors (Lipinski definition) is 4. The van der Waals surface area contributed by atoms with Gasteiger partial charge in [0.1, 0.15) is 5.82 Å². The Balaban J connectivity index is 2.23. The topological polar surface area (TPSA) is 41.1 Å². The van der Waals surface area contributed by atoms with Crippen LogP contribution in [0.5, 0.6) is 0 Å². The lowest BCUT2D eigenvalue weighted by atomic mass is 10.3. The second-order valence-electron chi connectivity index (χ2n) is 4.66. The molecular weight excluding hydrogens is 212 g/mol. The molecule has 0 aromatic carbocycles. The summed E-state index contributed by atoms with van der Waals surface area (Å²) >= 11 is 0. The van der Waals surface area contributed by atoms with Gasteiger partial charge in [-0.1, -0.05) is 6.92 Å². The van der Waals surface area contributed by atoms with Gasteiger partial charge in [0.05, 0.1) is 0 Å². The number of nitrogens with one attached hydrogen (secondary N) is 1. The van der Waals surface area contributed by atoms with Gasteiger partial charge in [0.25, 0.3) is 0 Å². The fraction of sp³-hybridized carbons (Fsp3) is 0.692. The minimum atomic E-state index is 0.707. The highest BCUT2D eigenvalue weighted by Gasteiger charge is 2.30. The Morgan fingerprint density at radius 1 is 1.41 bits per heavy atom. The van der Waals surface area contributed by atoms with Crippen LogP contribution in [0.2, 0.25) is 0 Å². The zero-order valence-corrected chi connectivity index (χ0v) is 11.0. The molecule has 1 aliphatic rings. The van der Waals surface area contributed by atoms with Gasteiger partial charge in [-0.3, -0.25) is 0 Å². The summed E-state index contributed by atoms with van der Waals surface area (Å²) in [5.41, 5.74) is 1.17. The van der Waals surface area contributed by atoms with E-state index in [0.29, 0.717) is 6.04 Å². The van der Waals surface area contributed by atoms with E-state index in [-0.39, 0.29) is 0 Å². The molecule has 1 N–H and O–H groups in total. The number of nitrogens with zero attached hydrogens (tertiary/aromatic N) is 3. The molecule has 0 amide bonds. The second kappa shape index (κ2) is 5.34. The Labute approximate surface area is 103 Å². The van der Waals surface area contributed by atoms with Crippen molar-refractivity contribution in [2.75, 3.05) is 23.3 Å². The number of anilines is 2. The van der Waals surface area contributed by atoms with E-state index in [1.54, 1.807) is 0 Å². The molecule has 1 aromatic heterocycles. The fourth-order valence-electron chi connectivity index (χ4n) is 2.06. The van der Waals surface area contributed by atoms with Crippen LogP contribution in [0.4, 0.5) is 11.8 Å². The summed E-state index contributed by atoms with van der Waals surface area (Å²) < 4.78 is 0. The lowest BCUT2D eigenvalue weighted by molar-refractivity contribution is 0.745. The molecule has 17 heavy (non-hydrogen) atoms. The molecular formula is C13H22N4. The van der Waals surface area contributed by atoms with Gasteiger partial charge in [0.15, 0.2) is 0 Å². The van der Waals surface area contributed by atoms with E-state index in [0.717, 1.165) is 31.3 Å². The maximum Gasteiger partial charge on any atom is 0.224 e. The quantitative estimate of drug-likeness (QED) is 0.821. The van der Waals surface area contributed by atoms with Crippen LogP contribution in [-0.4, -0.2) is 29.1 Å². The van der Waals surface area contributed by atoms with Crippen molar-refractivity contribution < 1.29 is 0 Å². The highest BCUT2D eigenvalue weighted by Crippen LogP contribution is 2.32. The van der Waals surface area contributed by atoms with Gasteiger partial charge < -0.3 is 10.2 Å². The number of aryl methyl sites for hydroxylation is 1. The summed E-state index contributed by atoms with van der Waals surface area (Å²) in [6.07, 6.45) is 5.70. The van der Waals surface area contributed by atoms with Gasteiger partial charge in [0, 0.05) is 30.9 Å². The Morgan fingerprint density at radius 2 is 2.18 bits per heavy atom. The zero-order chi connectivity index (χ0) is 12.3. The lowest BCUT2D eigenvalue weighted by Gasteiger charge is -2.24. The van der Waals surface area contributed by atoms with Crippen LogP contribution in [-0.2, 0) is 0 Å². The van der Waals surface area contributed by atoms with E-state index < -0.39 is 0 Å². The molecule has 4 nitrogen and oxygen atoms in total. The Bertz CT molecular complexity index is 374. The summed E-state index contributed by atoms with van der Waals surface area (Å²) in [6.45, 7) is 8.33. The first-order valence-corrected chi connectivity index (χ1v) is 6.60. The molecule has 0 spiro atoms. The first kappa shape index (κ1) is 12.1. The summed E-state index contributed by atoms with van der Waals surface area (Å²) in [7, 11) is 0. The van der Waals surface area contributed by atoms with Crippen molar-refractivity contribution >= 4 is 11.8 Å². The summed E-state index contributed by atoms with van der Waals surface area (Å²) in [5.74, 6) is 1.86. The van der Waals surface area contributed by atoms with Crippen LogP contribution in [0.25, 0.3) is 0 Å². The Morgan fingerprint density at radius 3 is 2.76 bits per heavy atom. The Kier molecular flexibility index (Phi) is 3.82. The van der Waals surface area contributed by atoms with Gasteiger partial charge in [-0.15, -0.1) is 0 Å². The molecule has 1 aliphatic carbocycles. The summed E-state index contributed by atoms with van der Waals surface area (Å²) in [5, 5.41) is 3.18. The minimum Gasteiger partial charge on any atom is -0.354 e. The average Bonchev–Trinajstić information content (AvgIpc) is 3.13. The van der Waals surface area contributed by atoms with Gasteiger partial charge in [-0.2, -0.15) is 4.98 Å². The van der Waals surface area contributed by atoms with Crippen molar-refractivity contribution in [1.82, 2.24) is 9.97 Å². The van der Waals surface area contributed by atoms with Gasteiger partial charge >= 0.3 is 0 Å². The molecule has 1 heterocycles. The molecule has 1 fully saturated rings. The smallest absolute Gasteiger partial charge is 0.224 e. The average molecular weight is 234 g/mol. The van der Waals surface area contributed by atoms with E-state index in [9.17, 15) is 0 Å². The highest BCUT2D eigenvalue weighted by molar-refractivity contribution is 5.50. The summed E-state index contributed by atoms with van der Waals surface area (Å²) in [4.78, 5) is 11.4. The molecule has 1 aromatic rings. The van der Waals surface area contributed by atoms with Crippen LogP contribution in [0, 0.1) is 6.92 Å². The molecule has 2 rings (SSSR count). The number of aromatic nitrogens is 2. The molecule has 0 radical (unpaired) electrons. The van der Waals surface area contributed by atoms with Gasteiger partial charge in [-0.25, -0.2) is 4.98 Å². The van der Waals surface area contributed by atoms with Crippen molar-refractivity contribution in [3.05, 3.63) is 11.8 Å². The third kappa shape index (κ3) is 2.87. The van der Waals surface area contributed by atoms with Crippen LogP contribution in [0.3, 0.4) is 0 Å². The SMILES string of the molecule is CCCN(c1nc(NCC)ncc1C)C1CC1. The Hall–Kier alpha value is -1.32. The molecule has 0 atom stereocenters. The maximum atomic E-state index is 4.65.